The van der Waals surface area contributed by atoms with Crippen molar-refractivity contribution in [1.29, 1.82) is 0 Å². The van der Waals surface area contributed by atoms with E-state index in [1.165, 1.54) is 18.2 Å². The Morgan fingerprint density at radius 2 is 1.54 bits per heavy atom. The quantitative estimate of drug-likeness (QED) is 0.229. The summed E-state index contributed by atoms with van der Waals surface area (Å²) in [6.07, 6.45) is -1.21. The SMILES string of the molecule is O=C(N[C@@H](NC(=S)Nc1c(Cl)cccc1Cl)C(Cl)(Cl)Cl)c1ccc(Cl)cc1Cl. The minimum absolute atomic E-state index is 0.00817. The molecule has 12 heteroatoms. The number of hydrogen-bond acceptors (Lipinski definition) is 2. The fraction of sp³-hybridized carbons (Fsp3) is 0.125. The van der Waals surface area contributed by atoms with E-state index in [9.17, 15) is 4.79 Å². The van der Waals surface area contributed by atoms with Gasteiger partial charge < -0.3 is 16.0 Å². The van der Waals surface area contributed by atoms with E-state index in [-0.39, 0.29) is 15.7 Å². The molecular formula is C16H10Cl7N3OS. The first-order valence-corrected chi connectivity index (χ1v) is 10.4. The Kier molecular flexibility index (Phi) is 8.62. The molecule has 2 aromatic carbocycles. The fourth-order valence-corrected chi connectivity index (χ4v) is 3.51. The summed E-state index contributed by atoms with van der Waals surface area (Å²) in [5, 5.41) is 9.19. The van der Waals surface area contributed by atoms with Gasteiger partial charge in [0.1, 0.15) is 6.17 Å². The zero-order valence-corrected chi connectivity index (χ0v) is 19.6. The van der Waals surface area contributed by atoms with Crippen LogP contribution in [-0.2, 0) is 0 Å². The number of nitrogens with one attached hydrogen (secondary N) is 3. The first-order chi connectivity index (χ1) is 13.0. The van der Waals surface area contributed by atoms with Crippen LogP contribution < -0.4 is 16.0 Å². The second-order valence-corrected chi connectivity index (χ2v) is 9.70. The molecule has 1 amide bonds. The van der Waals surface area contributed by atoms with Crippen molar-refractivity contribution in [2.24, 2.45) is 0 Å². The number of hydrogen-bond donors (Lipinski definition) is 3. The van der Waals surface area contributed by atoms with Gasteiger partial charge in [-0.05, 0) is 42.5 Å². The van der Waals surface area contributed by atoms with Gasteiger partial charge in [0.25, 0.3) is 5.91 Å². The maximum atomic E-state index is 12.5. The molecule has 0 saturated heterocycles. The standard InChI is InChI=1S/C16H10Cl7N3OS/c17-7-4-5-8(11(20)6-7)13(27)25-14(16(21,22)23)26-15(28)24-12-9(18)2-1-3-10(12)19/h1-6,14H,(H,25,27)(H2,24,26,28)/t14-/m0/s1. The van der Waals surface area contributed by atoms with E-state index >= 15 is 0 Å². The van der Waals surface area contributed by atoms with Gasteiger partial charge in [-0.1, -0.05) is 87.3 Å². The van der Waals surface area contributed by atoms with Crippen molar-refractivity contribution in [3.63, 3.8) is 0 Å². The van der Waals surface area contributed by atoms with Crippen molar-refractivity contribution in [2.45, 2.75) is 9.96 Å². The maximum Gasteiger partial charge on any atom is 0.254 e. The molecule has 0 saturated carbocycles. The molecule has 0 bridgehead atoms. The normalized spacial score (nSPS) is 12.2. The van der Waals surface area contributed by atoms with Crippen LogP contribution in [0.3, 0.4) is 0 Å². The van der Waals surface area contributed by atoms with Crippen LogP contribution >= 0.6 is 93.4 Å². The predicted molar refractivity (Wildman–Crippen MR) is 124 cm³/mol. The molecule has 0 fully saturated rings. The van der Waals surface area contributed by atoms with Crippen molar-refractivity contribution >= 4 is 110 Å². The van der Waals surface area contributed by atoms with Crippen molar-refractivity contribution in [3.05, 3.63) is 62.1 Å². The Bertz CT molecular complexity index is 884. The van der Waals surface area contributed by atoms with Crippen LogP contribution in [0.15, 0.2) is 36.4 Å². The number of amides is 1. The zero-order chi connectivity index (χ0) is 21.1. The Morgan fingerprint density at radius 1 is 0.929 bits per heavy atom. The second-order valence-electron chi connectivity index (χ2n) is 5.27. The van der Waals surface area contributed by atoms with Crippen LogP contribution in [0.2, 0.25) is 20.1 Å². The number of benzene rings is 2. The van der Waals surface area contributed by atoms with Crippen molar-refractivity contribution in [2.75, 3.05) is 5.32 Å². The lowest BCUT2D eigenvalue weighted by molar-refractivity contribution is 0.0934. The predicted octanol–water partition coefficient (Wildman–Crippen LogP) is 6.71. The van der Waals surface area contributed by atoms with E-state index in [1.54, 1.807) is 18.2 Å². The molecule has 4 nitrogen and oxygen atoms in total. The number of rotatable bonds is 4. The Morgan fingerprint density at radius 3 is 2.07 bits per heavy atom. The molecule has 0 radical (unpaired) electrons. The highest BCUT2D eigenvalue weighted by Crippen LogP contribution is 2.32. The van der Waals surface area contributed by atoms with Gasteiger partial charge in [0.15, 0.2) is 5.11 Å². The molecule has 0 unspecified atom stereocenters. The van der Waals surface area contributed by atoms with Crippen LogP contribution in [0.25, 0.3) is 0 Å². The third-order valence-electron chi connectivity index (χ3n) is 3.26. The first kappa shape index (κ1) is 23.9. The van der Waals surface area contributed by atoms with Crippen LogP contribution in [0.5, 0.6) is 0 Å². The summed E-state index contributed by atoms with van der Waals surface area (Å²) < 4.78 is -1.95. The molecule has 2 rings (SSSR count). The van der Waals surface area contributed by atoms with Crippen molar-refractivity contribution in [3.8, 4) is 0 Å². The molecule has 150 valence electrons. The number of thiocarbonyl (C=S) groups is 1. The van der Waals surface area contributed by atoms with Gasteiger partial charge in [0.05, 0.1) is 26.3 Å². The lowest BCUT2D eigenvalue weighted by atomic mass is 10.2. The second kappa shape index (κ2) is 10.1. The molecule has 0 aromatic heterocycles. The van der Waals surface area contributed by atoms with Gasteiger partial charge in [-0.3, -0.25) is 4.79 Å². The van der Waals surface area contributed by atoms with Gasteiger partial charge in [0.2, 0.25) is 3.79 Å². The Balaban J connectivity index is 2.15. The number of carbonyl (C=O) groups is 1. The first-order valence-electron chi connectivity index (χ1n) is 7.33. The van der Waals surface area contributed by atoms with Crippen LogP contribution in [-0.4, -0.2) is 21.0 Å². The molecule has 3 N–H and O–H groups in total. The van der Waals surface area contributed by atoms with Gasteiger partial charge in [-0.25, -0.2) is 0 Å². The van der Waals surface area contributed by atoms with Gasteiger partial charge in [-0.2, -0.15) is 0 Å². The lowest BCUT2D eigenvalue weighted by Gasteiger charge is -2.28. The molecule has 2 aromatic rings. The zero-order valence-electron chi connectivity index (χ0n) is 13.5. The summed E-state index contributed by atoms with van der Waals surface area (Å²) in [6.45, 7) is 0. The fourth-order valence-electron chi connectivity index (χ4n) is 1.98. The molecule has 0 aliphatic rings. The van der Waals surface area contributed by atoms with Crippen molar-refractivity contribution < 1.29 is 4.79 Å². The average Bonchev–Trinajstić information content (AvgIpc) is 2.56. The van der Waals surface area contributed by atoms with Crippen LogP contribution in [0, 0.1) is 0 Å². The van der Waals surface area contributed by atoms with E-state index in [1.807, 2.05) is 0 Å². The van der Waals surface area contributed by atoms with E-state index in [0.717, 1.165) is 0 Å². The number of para-hydroxylation sites is 1. The third-order valence-corrected chi connectivity index (χ3v) is 5.31. The minimum atomic E-state index is -1.95. The summed E-state index contributed by atoms with van der Waals surface area (Å²) in [5.41, 5.74) is 0.499. The summed E-state index contributed by atoms with van der Waals surface area (Å²) in [7, 11) is 0. The smallest absolute Gasteiger partial charge is 0.254 e. The highest BCUT2D eigenvalue weighted by molar-refractivity contribution is 7.80. The van der Waals surface area contributed by atoms with E-state index in [2.05, 4.69) is 16.0 Å². The molecule has 1 atom stereocenters. The minimum Gasteiger partial charge on any atom is -0.339 e. The number of anilines is 1. The summed E-state index contributed by atoms with van der Waals surface area (Å²) in [5.74, 6) is -0.607. The Hall–Kier alpha value is -0.370. The maximum absolute atomic E-state index is 12.5. The topological polar surface area (TPSA) is 53.2 Å². The monoisotopic (exact) mass is 537 g/mol. The van der Waals surface area contributed by atoms with E-state index in [0.29, 0.717) is 20.8 Å². The number of alkyl halides is 3. The average molecular weight is 541 g/mol. The van der Waals surface area contributed by atoms with Gasteiger partial charge in [0, 0.05) is 5.02 Å². The summed E-state index contributed by atoms with van der Waals surface area (Å²) >= 11 is 47.1. The Labute approximate surface area is 201 Å². The summed E-state index contributed by atoms with van der Waals surface area (Å²) in [6, 6.07) is 9.28. The number of carbonyl (C=O) groups excluding carboxylic acids is 1. The van der Waals surface area contributed by atoms with E-state index < -0.39 is 15.9 Å². The van der Waals surface area contributed by atoms with Gasteiger partial charge in [-0.15, -0.1) is 0 Å². The summed E-state index contributed by atoms with van der Waals surface area (Å²) in [4.78, 5) is 12.5. The molecule has 0 heterocycles. The van der Waals surface area contributed by atoms with Crippen LogP contribution in [0.4, 0.5) is 5.69 Å². The third kappa shape index (κ3) is 6.57. The largest absolute Gasteiger partial charge is 0.339 e. The van der Waals surface area contributed by atoms with E-state index in [4.69, 9.17) is 93.4 Å². The highest BCUT2D eigenvalue weighted by Gasteiger charge is 2.35. The van der Waals surface area contributed by atoms with Crippen molar-refractivity contribution in [1.82, 2.24) is 10.6 Å². The molecule has 0 spiro atoms. The molecule has 0 aliphatic carbocycles. The highest BCUT2D eigenvalue weighted by atomic mass is 35.6. The molecule has 0 aliphatic heterocycles. The lowest BCUT2D eigenvalue weighted by Crippen LogP contribution is -2.56. The van der Waals surface area contributed by atoms with Gasteiger partial charge >= 0.3 is 0 Å². The number of halogens is 7. The molecular weight excluding hydrogens is 530 g/mol. The molecule has 28 heavy (non-hydrogen) atoms. The van der Waals surface area contributed by atoms with Crippen LogP contribution in [0.1, 0.15) is 10.4 Å².